The third kappa shape index (κ3) is 2.90. The molecule has 19 heavy (non-hydrogen) atoms. The van der Waals surface area contributed by atoms with Gasteiger partial charge in [-0.15, -0.1) is 11.6 Å². The summed E-state index contributed by atoms with van der Waals surface area (Å²) in [5.74, 6) is 0.597. The zero-order valence-electron chi connectivity index (χ0n) is 11.2. The highest BCUT2D eigenvalue weighted by molar-refractivity contribution is 6.22. The van der Waals surface area contributed by atoms with Gasteiger partial charge in [-0.2, -0.15) is 0 Å². The van der Waals surface area contributed by atoms with E-state index in [-0.39, 0.29) is 11.2 Å². The number of ether oxygens (including phenoxy) is 1. The topological polar surface area (TPSA) is 9.23 Å². The lowest BCUT2D eigenvalue weighted by atomic mass is 9.98. The molecule has 0 fully saturated rings. The Labute approximate surface area is 118 Å². The summed E-state index contributed by atoms with van der Waals surface area (Å²) in [6, 6.07) is 10.5. The zero-order chi connectivity index (χ0) is 14.0. The Morgan fingerprint density at radius 3 is 2.37 bits per heavy atom. The standard InChI is InChI=1S/C16H16ClFO/c1-10-9-13(18)5-6-14(10)16(17)12-4-7-15(19-3)11(2)8-12/h4-9,16H,1-3H3. The lowest BCUT2D eigenvalue weighted by molar-refractivity contribution is 0.411. The molecule has 0 N–H and O–H groups in total. The Morgan fingerprint density at radius 1 is 1.05 bits per heavy atom. The first-order valence-corrected chi connectivity index (χ1v) is 6.51. The van der Waals surface area contributed by atoms with E-state index in [1.165, 1.54) is 12.1 Å². The third-order valence-electron chi connectivity index (χ3n) is 3.22. The van der Waals surface area contributed by atoms with Gasteiger partial charge in [0.1, 0.15) is 11.6 Å². The molecule has 0 aliphatic heterocycles. The number of alkyl halides is 1. The average molecular weight is 279 g/mol. The molecule has 0 heterocycles. The second-order valence-electron chi connectivity index (χ2n) is 4.59. The number of aryl methyl sites for hydroxylation is 2. The molecule has 3 heteroatoms. The Kier molecular flexibility index (Phi) is 4.11. The van der Waals surface area contributed by atoms with Crippen LogP contribution >= 0.6 is 11.6 Å². The summed E-state index contributed by atoms with van der Waals surface area (Å²) in [5, 5.41) is -0.287. The van der Waals surface area contributed by atoms with Crippen molar-refractivity contribution < 1.29 is 9.13 Å². The number of rotatable bonds is 3. The highest BCUT2D eigenvalue weighted by atomic mass is 35.5. The van der Waals surface area contributed by atoms with Crippen molar-refractivity contribution in [1.82, 2.24) is 0 Å². The Balaban J connectivity index is 2.38. The number of hydrogen-bond acceptors (Lipinski definition) is 1. The first-order chi connectivity index (χ1) is 9.02. The molecule has 1 atom stereocenters. The van der Waals surface area contributed by atoms with Crippen LogP contribution in [0.3, 0.4) is 0 Å². The highest BCUT2D eigenvalue weighted by Gasteiger charge is 2.14. The van der Waals surface area contributed by atoms with E-state index >= 15 is 0 Å². The van der Waals surface area contributed by atoms with Crippen LogP contribution in [0.5, 0.6) is 5.75 Å². The molecule has 0 aromatic heterocycles. The maximum atomic E-state index is 13.1. The van der Waals surface area contributed by atoms with E-state index in [2.05, 4.69) is 0 Å². The average Bonchev–Trinajstić information content (AvgIpc) is 2.38. The summed E-state index contributed by atoms with van der Waals surface area (Å²) in [6.07, 6.45) is 0. The van der Waals surface area contributed by atoms with Crippen molar-refractivity contribution in [2.75, 3.05) is 7.11 Å². The van der Waals surface area contributed by atoms with Gasteiger partial charge in [-0.25, -0.2) is 4.39 Å². The quantitative estimate of drug-likeness (QED) is 0.734. The Morgan fingerprint density at radius 2 is 1.79 bits per heavy atom. The summed E-state index contributed by atoms with van der Waals surface area (Å²) < 4.78 is 18.3. The minimum atomic E-state index is -0.287. The molecule has 0 saturated heterocycles. The van der Waals surface area contributed by atoms with Gasteiger partial charge in [0.25, 0.3) is 0 Å². The zero-order valence-corrected chi connectivity index (χ0v) is 12.0. The maximum absolute atomic E-state index is 13.1. The van der Waals surface area contributed by atoms with Crippen molar-refractivity contribution in [3.05, 3.63) is 64.5 Å². The lowest BCUT2D eigenvalue weighted by Gasteiger charge is -2.15. The van der Waals surface area contributed by atoms with Crippen LogP contribution < -0.4 is 4.74 Å². The van der Waals surface area contributed by atoms with Crippen LogP contribution in [-0.2, 0) is 0 Å². The number of benzene rings is 2. The first kappa shape index (κ1) is 13.9. The molecule has 0 radical (unpaired) electrons. The monoisotopic (exact) mass is 278 g/mol. The van der Waals surface area contributed by atoms with E-state index in [1.807, 2.05) is 32.0 Å². The molecular formula is C16H16ClFO. The lowest BCUT2D eigenvalue weighted by Crippen LogP contribution is -1.98. The molecule has 0 amide bonds. The molecule has 0 aliphatic carbocycles. The summed E-state index contributed by atoms with van der Waals surface area (Å²) in [5.41, 5.74) is 3.79. The van der Waals surface area contributed by atoms with E-state index in [0.717, 1.165) is 28.0 Å². The van der Waals surface area contributed by atoms with Gasteiger partial charge in [-0.05, 0) is 54.3 Å². The summed E-state index contributed by atoms with van der Waals surface area (Å²) >= 11 is 6.49. The Hall–Kier alpha value is -1.54. The van der Waals surface area contributed by atoms with Crippen molar-refractivity contribution in [1.29, 1.82) is 0 Å². The van der Waals surface area contributed by atoms with Gasteiger partial charge < -0.3 is 4.74 Å². The van der Waals surface area contributed by atoms with Crippen molar-refractivity contribution in [3.63, 3.8) is 0 Å². The fourth-order valence-electron chi connectivity index (χ4n) is 2.16. The first-order valence-electron chi connectivity index (χ1n) is 6.07. The second-order valence-corrected chi connectivity index (χ2v) is 5.03. The largest absolute Gasteiger partial charge is 0.496 e. The van der Waals surface area contributed by atoms with E-state index < -0.39 is 0 Å². The summed E-state index contributed by atoms with van der Waals surface area (Å²) in [6.45, 7) is 3.84. The van der Waals surface area contributed by atoms with Crippen LogP contribution in [0.4, 0.5) is 4.39 Å². The molecule has 2 aromatic carbocycles. The van der Waals surface area contributed by atoms with E-state index in [9.17, 15) is 4.39 Å². The van der Waals surface area contributed by atoms with Crippen LogP contribution in [0.2, 0.25) is 0 Å². The number of hydrogen-bond donors (Lipinski definition) is 0. The van der Waals surface area contributed by atoms with E-state index in [1.54, 1.807) is 13.2 Å². The number of methoxy groups -OCH3 is 1. The second kappa shape index (κ2) is 5.62. The molecular weight excluding hydrogens is 263 g/mol. The predicted octanol–water partition coefficient (Wildman–Crippen LogP) is 4.78. The molecule has 1 nitrogen and oxygen atoms in total. The predicted molar refractivity (Wildman–Crippen MR) is 76.6 cm³/mol. The van der Waals surface area contributed by atoms with Gasteiger partial charge in [-0.3, -0.25) is 0 Å². The van der Waals surface area contributed by atoms with Crippen LogP contribution in [0.15, 0.2) is 36.4 Å². The van der Waals surface area contributed by atoms with Gasteiger partial charge in [0.2, 0.25) is 0 Å². The highest BCUT2D eigenvalue weighted by Crippen LogP contribution is 2.33. The van der Waals surface area contributed by atoms with Crippen LogP contribution in [0.1, 0.15) is 27.6 Å². The molecule has 1 unspecified atom stereocenters. The van der Waals surface area contributed by atoms with Gasteiger partial charge in [0, 0.05) is 0 Å². The third-order valence-corrected chi connectivity index (χ3v) is 3.70. The number of halogens is 2. The van der Waals surface area contributed by atoms with Crippen LogP contribution in [-0.4, -0.2) is 7.11 Å². The normalized spacial score (nSPS) is 12.3. The maximum Gasteiger partial charge on any atom is 0.123 e. The summed E-state index contributed by atoms with van der Waals surface area (Å²) in [4.78, 5) is 0. The summed E-state index contributed by atoms with van der Waals surface area (Å²) in [7, 11) is 1.64. The minimum absolute atomic E-state index is 0.240. The molecule has 2 rings (SSSR count). The molecule has 0 bridgehead atoms. The van der Waals surface area contributed by atoms with Crippen LogP contribution in [0.25, 0.3) is 0 Å². The SMILES string of the molecule is COc1ccc(C(Cl)c2ccc(F)cc2C)cc1C. The van der Waals surface area contributed by atoms with Crippen molar-refractivity contribution in [3.8, 4) is 5.75 Å². The Bertz CT molecular complexity index is 595. The van der Waals surface area contributed by atoms with Gasteiger partial charge in [0.15, 0.2) is 0 Å². The fourth-order valence-corrected chi connectivity index (χ4v) is 2.54. The van der Waals surface area contributed by atoms with Gasteiger partial charge in [-0.1, -0.05) is 18.2 Å². The fraction of sp³-hybridized carbons (Fsp3) is 0.250. The van der Waals surface area contributed by atoms with E-state index in [0.29, 0.717) is 0 Å². The van der Waals surface area contributed by atoms with Crippen LogP contribution in [0, 0.1) is 19.7 Å². The molecule has 2 aromatic rings. The van der Waals surface area contributed by atoms with Crippen molar-refractivity contribution in [2.24, 2.45) is 0 Å². The molecule has 0 spiro atoms. The van der Waals surface area contributed by atoms with E-state index in [4.69, 9.17) is 16.3 Å². The molecule has 100 valence electrons. The van der Waals surface area contributed by atoms with Gasteiger partial charge in [0.05, 0.1) is 12.5 Å². The molecule has 0 saturated carbocycles. The smallest absolute Gasteiger partial charge is 0.123 e. The van der Waals surface area contributed by atoms with Crippen molar-refractivity contribution >= 4 is 11.6 Å². The van der Waals surface area contributed by atoms with Gasteiger partial charge >= 0.3 is 0 Å². The van der Waals surface area contributed by atoms with Crippen molar-refractivity contribution in [2.45, 2.75) is 19.2 Å². The molecule has 0 aliphatic rings. The minimum Gasteiger partial charge on any atom is -0.496 e.